The lowest BCUT2D eigenvalue weighted by atomic mass is 9.72. The van der Waals surface area contributed by atoms with E-state index >= 15 is 0 Å². The molecule has 1 aliphatic heterocycles. The summed E-state index contributed by atoms with van der Waals surface area (Å²) in [5.41, 5.74) is 3.36. The van der Waals surface area contributed by atoms with Crippen LogP contribution in [0.25, 0.3) is 10.9 Å². The number of likely N-dealkylation sites (tertiary alicyclic amines) is 1. The molecular formula is C27H36N2O4. The molecule has 0 N–H and O–H groups in total. The smallest absolute Gasteiger partial charge is 0.305 e. The molecule has 1 saturated heterocycles. The molecule has 0 spiro atoms. The molecule has 1 amide bonds. The van der Waals surface area contributed by atoms with Gasteiger partial charge in [-0.15, -0.1) is 0 Å². The van der Waals surface area contributed by atoms with Gasteiger partial charge >= 0.3 is 5.97 Å². The van der Waals surface area contributed by atoms with Gasteiger partial charge in [-0.05, 0) is 49.3 Å². The van der Waals surface area contributed by atoms with Crippen molar-refractivity contribution in [3.8, 4) is 0 Å². The Bertz CT molecular complexity index is 1040. The van der Waals surface area contributed by atoms with Crippen LogP contribution in [0.15, 0.2) is 24.4 Å². The highest BCUT2D eigenvalue weighted by atomic mass is 16.5. The molecule has 0 bridgehead atoms. The van der Waals surface area contributed by atoms with Gasteiger partial charge in [-0.3, -0.25) is 19.0 Å². The Morgan fingerprint density at radius 2 is 1.73 bits per heavy atom. The Morgan fingerprint density at radius 1 is 1.00 bits per heavy atom. The molecule has 2 aromatic rings. The van der Waals surface area contributed by atoms with Gasteiger partial charge < -0.3 is 9.64 Å². The van der Waals surface area contributed by atoms with Crippen LogP contribution >= 0.6 is 0 Å². The van der Waals surface area contributed by atoms with Crippen molar-refractivity contribution in [3.63, 3.8) is 0 Å². The molecule has 6 heteroatoms. The zero-order valence-corrected chi connectivity index (χ0v) is 20.1. The molecule has 6 nitrogen and oxygen atoms in total. The first-order valence-electron chi connectivity index (χ1n) is 12.6. The maximum Gasteiger partial charge on any atom is 0.305 e. The number of nitrogens with zero attached hydrogens (tertiary/aromatic N) is 2. The summed E-state index contributed by atoms with van der Waals surface area (Å²) < 4.78 is 7.39. The number of fused-ring (bicyclic) bond motifs is 2. The Balaban J connectivity index is 1.69. The minimum atomic E-state index is -0.161. The zero-order valence-electron chi connectivity index (χ0n) is 20.1. The lowest BCUT2D eigenvalue weighted by Crippen LogP contribution is -2.53. The summed E-state index contributed by atoms with van der Waals surface area (Å²) in [5.74, 6) is 0.437. The lowest BCUT2D eigenvalue weighted by Gasteiger charge is -2.47. The van der Waals surface area contributed by atoms with Crippen molar-refractivity contribution >= 4 is 28.7 Å². The van der Waals surface area contributed by atoms with Gasteiger partial charge in [-0.1, -0.05) is 32.9 Å². The van der Waals surface area contributed by atoms with Crippen molar-refractivity contribution in [1.29, 1.82) is 0 Å². The number of hydrogen-bond acceptors (Lipinski definition) is 4. The maximum atomic E-state index is 13.2. The number of ether oxygens (including phenoxy) is 1. The highest BCUT2D eigenvalue weighted by Gasteiger charge is 2.43. The van der Waals surface area contributed by atoms with Crippen molar-refractivity contribution in [2.45, 2.75) is 84.1 Å². The first-order valence-corrected chi connectivity index (χ1v) is 12.6. The molecule has 0 saturated carbocycles. The summed E-state index contributed by atoms with van der Waals surface area (Å²) in [6, 6.07) is 6.30. The average Bonchev–Trinajstić information content (AvgIpc) is 3.18. The fourth-order valence-electron chi connectivity index (χ4n) is 5.69. The molecule has 0 radical (unpaired) electrons. The Kier molecular flexibility index (Phi) is 7.20. The van der Waals surface area contributed by atoms with Gasteiger partial charge in [0.25, 0.3) is 0 Å². The summed E-state index contributed by atoms with van der Waals surface area (Å²) in [4.78, 5) is 40.0. The molecule has 33 heavy (non-hydrogen) atoms. The van der Waals surface area contributed by atoms with Crippen molar-refractivity contribution in [3.05, 3.63) is 35.5 Å². The summed E-state index contributed by atoms with van der Waals surface area (Å²) >= 11 is 0. The SMILES string of the molecule is CCCC(=O)OC[C@@H]1C[C@@H]2c3cccc4c3c(cn4C(=O)CCC)C[C@H]2N(C(=O)CCC)C1. The Morgan fingerprint density at radius 3 is 2.45 bits per heavy atom. The van der Waals surface area contributed by atoms with Crippen molar-refractivity contribution in [2.24, 2.45) is 5.92 Å². The summed E-state index contributed by atoms with van der Waals surface area (Å²) in [5, 5.41) is 1.18. The number of benzene rings is 1. The molecule has 1 aromatic heterocycles. The number of aromatic nitrogens is 1. The van der Waals surface area contributed by atoms with Crippen LogP contribution in [0.2, 0.25) is 0 Å². The number of hydrogen-bond donors (Lipinski definition) is 0. The highest BCUT2D eigenvalue weighted by Crippen LogP contribution is 2.45. The number of amides is 1. The third-order valence-corrected chi connectivity index (χ3v) is 7.13. The fourth-order valence-corrected chi connectivity index (χ4v) is 5.69. The third-order valence-electron chi connectivity index (χ3n) is 7.13. The van der Waals surface area contributed by atoms with Crippen LogP contribution < -0.4 is 0 Å². The second kappa shape index (κ2) is 10.1. The number of esters is 1. The van der Waals surface area contributed by atoms with E-state index in [0.29, 0.717) is 32.4 Å². The van der Waals surface area contributed by atoms with Gasteiger partial charge in [0.15, 0.2) is 0 Å². The molecule has 0 unspecified atom stereocenters. The molecule has 178 valence electrons. The highest BCUT2D eigenvalue weighted by molar-refractivity contribution is 5.97. The predicted molar refractivity (Wildman–Crippen MR) is 128 cm³/mol. The summed E-state index contributed by atoms with van der Waals surface area (Å²) in [7, 11) is 0. The predicted octanol–water partition coefficient (Wildman–Crippen LogP) is 5.08. The first kappa shape index (κ1) is 23.5. The minimum Gasteiger partial charge on any atom is -0.465 e. The first-order chi connectivity index (χ1) is 16.0. The second-order valence-corrected chi connectivity index (χ2v) is 9.62. The summed E-state index contributed by atoms with van der Waals surface area (Å²) in [6.07, 6.45) is 7.53. The second-order valence-electron chi connectivity index (χ2n) is 9.62. The van der Waals surface area contributed by atoms with Gasteiger partial charge in [0.2, 0.25) is 11.8 Å². The van der Waals surface area contributed by atoms with Crippen LogP contribution in [-0.2, 0) is 20.7 Å². The van der Waals surface area contributed by atoms with E-state index in [0.717, 1.165) is 43.2 Å². The molecule has 1 fully saturated rings. The fraction of sp³-hybridized carbons (Fsp3) is 0.593. The number of piperidine rings is 1. The molecular weight excluding hydrogens is 416 g/mol. The van der Waals surface area contributed by atoms with Gasteiger partial charge in [-0.2, -0.15) is 0 Å². The normalized spacial score (nSPS) is 21.7. The molecule has 4 rings (SSSR count). The number of carbonyl (C=O) groups excluding carboxylic acids is 3. The van der Waals surface area contributed by atoms with E-state index in [-0.39, 0.29) is 35.7 Å². The molecule has 1 aromatic carbocycles. The maximum absolute atomic E-state index is 13.2. The topological polar surface area (TPSA) is 68.6 Å². The quantitative estimate of drug-likeness (QED) is 0.524. The Labute approximate surface area is 196 Å². The van der Waals surface area contributed by atoms with Crippen LogP contribution in [0.4, 0.5) is 0 Å². The van der Waals surface area contributed by atoms with Crippen molar-refractivity contribution < 1.29 is 19.1 Å². The van der Waals surface area contributed by atoms with Crippen LogP contribution in [-0.4, -0.2) is 46.4 Å². The van der Waals surface area contributed by atoms with E-state index in [1.165, 1.54) is 10.9 Å². The van der Waals surface area contributed by atoms with Crippen molar-refractivity contribution in [1.82, 2.24) is 9.47 Å². The standard InChI is InChI=1S/C27H36N2O4/c1-4-8-24(30)28-15-18(17-33-26(32)10-6-3)13-21-20-11-7-12-22-27(20)19(14-23(21)28)16-29(22)25(31)9-5-2/h7,11-12,16,18,21,23H,4-6,8-10,13-15,17H2,1-3H3/t18-,21-,23-/m1/s1. The van der Waals surface area contributed by atoms with E-state index < -0.39 is 0 Å². The monoisotopic (exact) mass is 452 g/mol. The van der Waals surface area contributed by atoms with E-state index in [2.05, 4.69) is 6.07 Å². The van der Waals surface area contributed by atoms with Gasteiger partial charge in [-0.25, -0.2) is 0 Å². The zero-order chi connectivity index (χ0) is 23.5. The molecule has 3 atom stereocenters. The van der Waals surface area contributed by atoms with Gasteiger partial charge in [0.1, 0.15) is 0 Å². The van der Waals surface area contributed by atoms with Crippen molar-refractivity contribution in [2.75, 3.05) is 13.2 Å². The van der Waals surface area contributed by atoms with E-state index in [1.54, 1.807) is 0 Å². The van der Waals surface area contributed by atoms with E-state index in [1.807, 2.05) is 48.6 Å². The third kappa shape index (κ3) is 4.57. The van der Waals surface area contributed by atoms with Crippen LogP contribution in [0.1, 0.15) is 87.6 Å². The lowest BCUT2D eigenvalue weighted by molar-refractivity contribution is -0.147. The largest absolute Gasteiger partial charge is 0.465 e. The Hall–Kier alpha value is -2.63. The molecule has 2 aliphatic rings. The number of rotatable bonds is 8. The summed E-state index contributed by atoms with van der Waals surface area (Å²) in [6.45, 7) is 7.00. The molecule has 1 aliphatic carbocycles. The van der Waals surface area contributed by atoms with E-state index in [9.17, 15) is 14.4 Å². The van der Waals surface area contributed by atoms with Crippen LogP contribution in [0.3, 0.4) is 0 Å². The average molecular weight is 453 g/mol. The van der Waals surface area contributed by atoms with Gasteiger partial charge in [0, 0.05) is 55.3 Å². The van der Waals surface area contributed by atoms with Crippen LogP contribution in [0.5, 0.6) is 0 Å². The minimum absolute atomic E-state index is 0.0851. The van der Waals surface area contributed by atoms with Gasteiger partial charge in [0.05, 0.1) is 12.1 Å². The van der Waals surface area contributed by atoms with E-state index in [4.69, 9.17) is 4.74 Å². The molecule has 2 heterocycles. The van der Waals surface area contributed by atoms with Crippen LogP contribution in [0, 0.1) is 5.92 Å². The number of carbonyl (C=O) groups is 3.